The maximum absolute atomic E-state index is 11.8. The molecule has 17 heavy (non-hydrogen) atoms. The topological polar surface area (TPSA) is 94.9 Å². The minimum Gasteiger partial charge on any atom is -0.396 e. The summed E-state index contributed by atoms with van der Waals surface area (Å²) >= 11 is 0. The van der Waals surface area contributed by atoms with Gasteiger partial charge in [0.05, 0.1) is 18.1 Å². The average molecular weight is 265 g/mol. The molecule has 0 radical (unpaired) electrons. The van der Waals surface area contributed by atoms with E-state index >= 15 is 0 Å². The number of aliphatic hydroxyl groups is 2. The summed E-state index contributed by atoms with van der Waals surface area (Å²) < 4.78 is 22.7. The van der Waals surface area contributed by atoms with Gasteiger partial charge in [0.2, 0.25) is 5.91 Å². The lowest BCUT2D eigenvalue weighted by Gasteiger charge is -2.27. The average Bonchev–Trinajstić information content (AvgIpc) is 2.63. The molecule has 1 unspecified atom stereocenters. The Hall–Kier alpha value is -0.660. The fourth-order valence-corrected chi connectivity index (χ4v) is 3.74. The lowest BCUT2D eigenvalue weighted by molar-refractivity contribution is -0.133. The standard InChI is InChI=1S/C10H19NO5S/c12-5-1-2-10(14)11(4-6-13)9-3-7-17(15,16)8-9/h9,12-13H,1-8H2. The first-order valence-corrected chi connectivity index (χ1v) is 7.54. The van der Waals surface area contributed by atoms with E-state index < -0.39 is 9.84 Å². The van der Waals surface area contributed by atoms with Gasteiger partial charge in [-0.05, 0) is 12.8 Å². The van der Waals surface area contributed by atoms with E-state index in [1.54, 1.807) is 0 Å². The first-order chi connectivity index (χ1) is 8.00. The predicted octanol–water partition coefficient (Wildman–Crippen LogP) is -1.23. The number of nitrogens with zero attached hydrogens (tertiary/aromatic N) is 1. The highest BCUT2D eigenvalue weighted by Crippen LogP contribution is 2.18. The molecular formula is C10H19NO5S. The number of hydrogen-bond donors (Lipinski definition) is 2. The van der Waals surface area contributed by atoms with Crippen molar-refractivity contribution in [1.29, 1.82) is 0 Å². The maximum Gasteiger partial charge on any atom is 0.223 e. The Bertz CT molecular complexity index is 354. The lowest BCUT2D eigenvalue weighted by Crippen LogP contribution is -2.42. The van der Waals surface area contributed by atoms with Gasteiger partial charge in [0.15, 0.2) is 9.84 Å². The zero-order chi connectivity index (χ0) is 12.9. The van der Waals surface area contributed by atoms with E-state index in [4.69, 9.17) is 10.2 Å². The van der Waals surface area contributed by atoms with Crippen molar-refractivity contribution in [2.45, 2.75) is 25.3 Å². The van der Waals surface area contributed by atoms with Crippen molar-refractivity contribution in [3.05, 3.63) is 0 Å². The van der Waals surface area contributed by atoms with Crippen LogP contribution < -0.4 is 0 Å². The Kier molecular flexibility index (Phi) is 5.35. The summed E-state index contributed by atoms with van der Waals surface area (Å²) in [4.78, 5) is 13.2. The van der Waals surface area contributed by atoms with Crippen LogP contribution in [0.15, 0.2) is 0 Å². The first-order valence-electron chi connectivity index (χ1n) is 5.72. The van der Waals surface area contributed by atoms with Gasteiger partial charge >= 0.3 is 0 Å². The summed E-state index contributed by atoms with van der Waals surface area (Å²) in [6, 6.07) is -0.321. The smallest absolute Gasteiger partial charge is 0.223 e. The molecule has 1 heterocycles. The van der Waals surface area contributed by atoms with Crippen LogP contribution in [0.3, 0.4) is 0 Å². The van der Waals surface area contributed by atoms with Crippen LogP contribution in [0.5, 0.6) is 0 Å². The fourth-order valence-electron chi connectivity index (χ4n) is 2.01. The fraction of sp³-hybridized carbons (Fsp3) is 0.900. The van der Waals surface area contributed by atoms with Crippen LogP contribution in [-0.2, 0) is 14.6 Å². The Balaban J connectivity index is 2.62. The molecule has 0 aliphatic carbocycles. The molecule has 100 valence electrons. The van der Waals surface area contributed by atoms with Crippen molar-refractivity contribution in [2.24, 2.45) is 0 Å². The van der Waals surface area contributed by atoms with Gasteiger partial charge in [-0.3, -0.25) is 4.79 Å². The molecule has 1 aliphatic heterocycles. The van der Waals surface area contributed by atoms with E-state index in [9.17, 15) is 13.2 Å². The highest BCUT2D eigenvalue weighted by atomic mass is 32.2. The predicted molar refractivity (Wildman–Crippen MR) is 62.2 cm³/mol. The number of carbonyl (C=O) groups excluding carboxylic acids is 1. The molecule has 6 nitrogen and oxygen atoms in total. The molecule has 1 atom stereocenters. The third-order valence-corrected chi connectivity index (χ3v) is 4.61. The van der Waals surface area contributed by atoms with Gasteiger partial charge in [-0.2, -0.15) is 0 Å². The van der Waals surface area contributed by atoms with E-state index in [0.29, 0.717) is 12.8 Å². The van der Waals surface area contributed by atoms with Crippen molar-refractivity contribution in [3.8, 4) is 0 Å². The molecule has 7 heteroatoms. The van der Waals surface area contributed by atoms with E-state index in [-0.39, 0.29) is 49.6 Å². The van der Waals surface area contributed by atoms with Gasteiger partial charge in [0, 0.05) is 25.6 Å². The maximum atomic E-state index is 11.8. The Morgan fingerprint density at radius 1 is 1.29 bits per heavy atom. The zero-order valence-electron chi connectivity index (χ0n) is 9.71. The summed E-state index contributed by atoms with van der Waals surface area (Å²) in [6.07, 6.45) is 0.987. The number of hydrogen-bond acceptors (Lipinski definition) is 5. The molecule has 0 saturated carbocycles. The van der Waals surface area contributed by atoms with E-state index in [1.165, 1.54) is 4.90 Å². The molecule has 1 rings (SSSR count). The van der Waals surface area contributed by atoms with Gasteiger partial charge < -0.3 is 15.1 Å². The Morgan fingerprint density at radius 2 is 2.00 bits per heavy atom. The molecule has 2 N–H and O–H groups in total. The molecule has 0 aromatic carbocycles. The zero-order valence-corrected chi connectivity index (χ0v) is 10.5. The minimum absolute atomic E-state index is 0.0160. The molecule has 1 saturated heterocycles. The molecule has 0 bridgehead atoms. The van der Waals surface area contributed by atoms with Crippen molar-refractivity contribution >= 4 is 15.7 Å². The van der Waals surface area contributed by atoms with Crippen LogP contribution in [0, 0.1) is 0 Å². The van der Waals surface area contributed by atoms with Gasteiger partial charge in [-0.1, -0.05) is 0 Å². The lowest BCUT2D eigenvalue weighted by atomic mass is 10.2. The van der Waals surface area contributed by atoms with Crippen molar-refractivity contribution < 1.29 is 23.4 Å². The summed E-state index contributed by atoms with van der Waals surface area (Å²) in [5, 5.41) is 17.6. The summed E-state index contributed by atoms with van der Waals surface area (Å²) in [5.41, 5.74) is 0. The van der Waals surface area contributed by atoms with Crippen LogP contribution in [-0.4, -0.2) is 66.7 Å². The van der Waals surface area contributed by atoms with E-state index in [2.05, 4.69) is 0 Å². The first kappa shape index (κ1) is 14.4. The summed E-state index contributed by atoms with van der Waals surface area (Å²) in [6.45, 7) is -0.0898. The van der Waals surface area contributed by atoms with Crippen LogP contribution in [0.1, 0.15) is 19.3 Å². The van der Waals surface area contributed by atoms with Crippen molar-refractivity contribution in [2.75, 3.05) is 31.3 Å². The van der Waals surface area contributed by atoms with Crippen LogP contribution in [0.4, 0.5) is 0 Å². The summed E-state index contributed by atoms with van der Waals surface area (Å²) in [5.74, 6) is -0.111. The molecule has 1 amide bonds. The number of aliphatic hydroxyl groups excluding tert-OH is 2. The minimum atomic E-state index is -3.04. The molecule has 0 spiro atoms. The monoisotopic (exact) mass is 265 g/mol. The second kappa shape index (κ2) is 6.32. The van der Waals surface area contributed by atoms with E-state index in [1.807, 2.05) is 0 Å². The van der Waals surface area contributed by atoms with Gasteiger partial charge in [-0.15, -0.1) is 0 Å². The van der Waals surface area contributed by atoms with E-state index in [0.717, 1.165) is 0 Å². The highest BCUT2D eigenvalue weighted by molar-refractivity contribution is 7.91. The number of amides is 1. The Labute approximate surface area is 101 Å². The molecule has 1 aliphatic rings. The van der Waals surface area contributed by atoms with Crippen LogP contribution >= 0.6 is 0 Å². The van der Waals surface area contributed by atoms with Crippen LogP contribution in [0.2, 0.25) is 0 Å². The molecule has 1 fully saturated rings. The largest absolute Gasteiger partial charge is 0.396 e. The number of carbonyl (C=O) groups is 1. The molecule has 0 aromatic rings. The van der Waals surface area contributed by atoms with Crippen molar-refractivity contribution in [3.63, 3.8) is 0 Å². The van der Waals surface area contributed by atoms with Gasteiger partial charge in [0.25, 0.3) is 0 Å². The number of sulfone groups is 1. The highest BCUT2D eigenvalue weighted by Gasteiger charge is 2.33. The number of rotatable bonds is 6. The van der Waals surface area contributed by atoms with Gasteiger partial charge in [-0.25, -0.2) is 8.42 Å². The quantitative estimate of drug-likeness (QED) is 0.627. The molecule has 0 aromatic heterocycles. The normalized spacial score (nSPS) is 22.6. The van der Waals surface area contributed by atoms with Crippen LogP contribution in [0.25, 0.3) is 0 Å². The third kappa shape index (κ3) is 4.25. The van der Waals surface area contributed by atoms with Crippen molar-refractivity contribution in [1.82, 2.24) is 4.90 Å². The SMILES string of the molecule is O=C(CCCO)N(CCO)C1CCS(=O)(=O)C1. The third-order valence-electron chi connectivity index (χ3n) is 2.86. The molecular weight excluding hydrogens is 246 g/mol. The second-order valence-electron chi connectivity index (χ2n) is 4.19. The second-order valence-corrected chi connectivity index (χ2v) is 6.42. The Morgan fingerprint density at radius 3 is 2.47 bits per heavy atom. The van der Waals surface area contributed by atoms with Gasteiger partial charge in [0.1, 0.15) is 0 Å². The summed E-state index contributed by atoms with van der Waals surface area (Å²) in [7, 11) is -3.04.